The third kappa shape index (κ3) is 10.9. The first-order valence-electron chi connectivity index (χ1n) is 10.4. The summed E-state index contributed by atoms with van der Waals surface area (Å²) in [5.41, 5.74) is 0.839. The smallest absolute Gasteiger partial charge is 0.248 e. The first-order valence-corrected chi connectivity index (χ1v) is 10.4. The molecule has 8 heteroatoms. The Bertz CT molecular complexity index is 694. The maximum absolute atomic E-state index is 12.5. The lowest BCUT2D eigenvalue weighted by atomic mass is 9.96. The molecule has 0 radical (unpaired) electrons. The SMILES string of the molecule is C=C(C)C(=O)NCCN(CCN(CCNC(=O)C(C)(C)C)C(O)C(=C)C)C(=O)C(=C)C. The van der Waals surface area contributed by atoms with Gasteiger partial charge in [0.25, 0.3) is 0 Å². The summed E-state index contributed by atoms with van der Waals surface area (Å²) in [7, 11) is 0. The molecule has 0 aromatic carbocycles. The van der Waals surface area contributed by atoms with Crippen molar-refractivity contribution < 1.29 is 19.5 Å². The van der Waals surface area contributed by atoms with Crippen LogP contribution in [0.5, 0.6) is 0 Å². The van der Waals surface area contributed by atoms with Gasteiger partial charge in [-0.2, -0.15) is 0 Å². The van der Waals surface area contributed by atoms with Crippen LogP contribution >= 0.6 is 0 Å². The Balaban J connectivity index is 5.07. The van der Waals surface area contributed by atoms with Crippen LogP contribution in [0.1, 0.15) is 41.5 Å². The summed E-state index contributed by atoms with van der Waals surface area (Å²) in [5.74, 6) is -0.573. The molecule has 0 bridgehead atoms. The quantitative estimate of drug-likeness (QED) is 0.230. The second-order valence-corrected chi connectivity index (χ2v) is 8.87. The largest absolute Gasteiger partial charge is 0.374 e. The number of nitrogens with one attached hydrogen (secondary N) is 2. The molecular formula is C23H40N4O4. The number of nitrogens with zero attached hydrogens (tertiary/aromatic N) is 2. The highest BCUT2D eigenvalue weighted by molar-refractivity contribution is 5.93. The zero-order valence-electron chi connectivity index (χ0n) is 20.0. The summed E-state index contributed by atoms with van der Waals surface area (Å²) < 4.78 is 0. The van der Waals surface area contributed by atoms with Gasteiger partial charge in [-0.25, -0.2) is 0 Å². The van der Waals surface area contributed by atoms with E-state index in [4.69, 9.17) is 0 Å². The Labute approximate surface area is 187 Å². The van der Waals surface area contributed by atoms with Gasteiger partial charge in [0.05, 0.1) is 0 Å². The first kappa shape index (κ1) is 28.5. The maximum atomic E-state index is 12.5. The normalized spacial score (nSPS) is 12.1. The van der Waals surface area contributed by atoms with E-state index < -0.39 is 11.6 Å². The minimum Gasteiger partial charge on any atom is -0.374 e. The molecule has 3 N–H and O–H groups in total. The summed E-state index contributed by atoms with van der Waals surface area (Å²) in [6, 6.07) is 0. The molecule has 0 aromatic heterocycles. The van der Waals surface area contributed by atoms with E-state index in [1.54, 1.807) is 30.6 Å². The molecule has 3 amide bonds. The molecule has 0 aliphatic rings. The minimum atomic E-state index is -0.906. The van der Waals surface area contributed by atoms with Crippen molar-refractivity contribution in [2.24, 2.45) is 5.41 Å². The van der Waals surface area contributed by atoms with E-state index in [-0.39, 0.29) is 24.3 Å². The highest BCUT2D eigenvalue weighted by Crippen LogP contribution is 2.12. The summed E-state index contributed by atoms with van der Waals surface area (Å²) in [5, 5.41) is 16.1. The Kier molecular flexibility index (Phi) is 12.0. The number of hydrogen-bond donors (Lipinski definition) is 3. The summed E-state index contributed by atoms with van der Waals surface area (Å²) >= 11 is 0. The predicted molar refractivity (Wildman–Crippen MR) is 124 cm³/mol. The first-order chi connectivity index (χ1) is 14.2. The fourth-order valence-electron chi connectivity index (χ4n) is 2.54. The zero-order chi connectivity index (χ0) is 24.4. The number of carbonyl (C=O) groups is 3. The lowest BCUT2D eigenvalue weighted by molar-refractivity contribution is -0.128. The van der Waals surface area contributed by atoms with Gasteiger partial charge in [-0.15, -0.1) is 0 Å². The van der Waals surface area contributed by atoms with E-state index in [1.165, 1.54) is 0 Å². The molecule has 8 nitrogen and oxygen atoms in total. The topological polar surface area (TPSA) is 102 Å². The van der Waals surface area contributed by atoms with Crippen LogP contribution in [0.15, 0.2) is 36.5 Å². The van der Waals surface area contributed by atoms with Crippen LogP contribution in [0.25, 0.3) is 0 Å². The average Bonchev–Trinajstić information content (AvgIpc) is 2.66. The van der Waals surface area contributed by atoms with Crippen LogP contribution < -0.4 is 10.6 Å². The second-order valence-electron chi connectivity index (χ2n) is 8.87. The van der Waals surface area contributed by atoms with Crippen molar-refractivity contribution in [2.45, 2.75) is 47.8 Å². The third-order valence-corrected chi connectivity index (χ3v) is 4.52. The fourth-order valence-corrected chi connectivity index (χ4v) is 2.54. The van der Waals surface area contributed by atoms with E-state index in [2.05, 4.69) is 30.4 Å². The van der Waals surface area contributed by atoms with Crippen molar-refractivity contribution in [2.75, 3.05) is 39.3 Å². The van der Waals surface area contributed by atoms with Crippen LogP contribution in [0, 0.1) is 5.41 Å². The van der Waals surface area contributed by atoms with Gasteiger partial charge >= 0.3 is 0 Å². The van der Waals surface area contributed by atoms with Crippen LogP contribution in [0.4, 0.5) is 0 Å². The summed E-state index contributed by atoms with van der Waals surface area (Å²) in [6.45, 7) is 23.5. The van der Waals surface area contributed by atoms with Gasteiger partial charge in [0, 0.05) is 55.8 Å². The molecule has 1 unspecified atom stereocenters. The van der Waals surface area contributed by atoms with Gasteiger partial charge in [-0.3, -0.25) is 19.3 Å². The average molecular weight is 437 g/mol. The van der Waals surface area contributed by atoms with Crippen molar-refractivity contribution in [1.82, 2.24) is 20.4 Å². The van der Waals surface area contributed by atoms with Gasteiger partial charge in [-0.05, 0) is 26.3 Å². The van der Waals surface area contributed by atoms with Gasteiger partial charge < -0.3 is 20.6 Å². The molecule has 0 fully saturated rings. The molecular weight excluding hydrogens is 396 g/mol. The van der Waals surface area contributed by atoms with Crippen molar-refractivity contribution in [3.8, 4) is 0 Å². The van der Waals surface area contributed by atoms with E-state index >= 15 is 0 Å². The van der Waals surface area contributed by atoms with E-state index in [9.17, 15) is 19.5 Å². The molecule has 31 heavy (non-hydrogen) atoms. The van der Waals surface area contributed by atoms with E-state index in [1.807, 2.05) is 20.8 Å². The van der Waals surface area contributed by atoms with Crippen molar-refractivity contribution >= 4 is 17.7 Å². The van der Waals surface area contributed by atoms with E-state index in [0.29, 0.717) is 49.4 Å². The minimum absolute atomic E-state index is 0.0791. The Hall–Kier alpha value is -2.45. The zero-order valence-corrected chi connectivity index (χ0v) is 20.0. The molecule has 0 aliphatic heterocycles. The predicted octanol–water partition coefficient (Wildman–Crippen LogP) is 1.44. The lowest BCUT2D eigenvalue weighted by Gasteiger charge is -2.32. The van der Waals surface area contributed by atoms with Crippen molar-refractivity contribution in [3.05, 3.63) is 36.5 Å². The van der Waals surface area contributed by atoms with Gasteiger partial charge in [0.2, 0.25) is 17.7 Å². The molecule has 0 saturated carbocycles. The lowest BCUT2D eigenvalue weighted by Crippen LogP contribution is -2.48. The maximum Gasteiger partial charge on any atom is 0.248 e. The number of aliphatic hydroxyl groups is 1. The van der Waals surface area contributed by atoms with Crippen LogP contribution in [-0.4, -0.2) is 78.1 Å². The molecule has 0 spiro atoms. The van der Waals surface area contributed by atoms with Crippen molar-refractivity contribution in [3.63, 3.8) is 0 Å². The van der Waals surface area contributed by atoms with Gasteiger partial charge in [-0.1, -0.05) is 40.5 Å². The second kappa shape index (κ2) is 13.1. The number of carbonyl (C=O) groups excluding carboxylic acids is 3. The van der Waals surface area contributed by atoms with Crippen LogP contribution in [-0.2, 0) is 14.4 Å². The fraction of sp³-hybridized carbons (Fsp3) is 0.609. The van der Waals surface area contributed by atoms with Crippen molar-refractivity contribution in [1.29, 1.82) is 0 Å². The molecule has 0 aromatic rings. The van der Waals surface area contributed by atoms with Crippen LogP contribution in [0.2, 0.25) is 0 Å². The molecule has 1 atom stereocenters. The highest BCUT2D eigenvalue weighted by atomic mass is 16.3. The number of rotatable bonds is 13. The molecule has 0 heterocycles. The molecule has 0 saturated heterocycles. The molecule has 0 aliphatic carbocycles. The Morgan fingerprint density at radius 3 is 1.87 bits per heavy atom. The standard InChI is InChI=1S/C23H40N4O4/c1-16(2)19(28)24-10-12-26(20(29)17(3)4)14-15-27(21(30)18(5)6)13-11-25-22(31)23(7,8)9/h21,30H,1,3,5,10-15H2,2,4,6-9H3,(H,24,28)(H,25,31). The van der Waals surface area contributed by atoms with Crippen LogP contribution in [0.3, 0.4) is 0 Å². The highest BCUT2D eigenvalue weighted by Gasteiger charge is 2.23. The Morgan fingerprint density at radius 1 is 0.871 bits per heavy atom. The summed E-state index contributed by atoms with van der Waals surface area (Å²) in [6.07, 6.45) is -0.906. The number of amides is 3. The van der Waals surface area contributed by atoms with Gasteiger partial charge in [0.15, 0.2) is 0 Å². The van der Waals surface area contributed by atoms with Gasteiger partial charge in [0.1, 0.15) is 6.23 Å². The Morgan fingerprint density at radius 2 is 1.42 bits per heavy atom. The number of aliphatic hydroxyl groups excluding tert-OH is 1. The molecule has 0 rings (SSSR count). The molecule has 176 valence electrons. The van der Waals surface area contributed by atoms with E-state index in [0.717, 1.165) is 0 Å². The third-order valence-electron chi connectivity index (χ3n) is 4.52. The summed E-state index contributed by atoms with van der Waals surface area (Å²) in [4.78, 5) is 39.6. The monoisotopic (exact) mass is 436 g/mol. The number of hydrogen-bond acceptors (Lipinski definition) is 5.